The zero-order chi connectivity index (χ0) is 9.47. The Morgan fingerprint density at radius 1 is 1.38 bits per heavy atom. The predicted octanol–water partition coefficient (Wildman–Crippen LogP) is 3.18. The van der Waals surface area contributed by atoms with Crippen LogP contribution in [-0.4, -0.2) is 5.78 Å². The van der Waals surface area contributed by atoms with Crippen molar-refractivity contribution >= 4 is 5.78 Å². The number of carbonyl (C=O) groups is 1. The first kappa shape index (κ1) is 9.23. The number of carbonyl (C=O) groups excluding carboxylic acids is 1. The SMILES string of the molecule is CC1CCCC2(C)CC(=O)CCC12. The molecule has 0 aromatic carbocycles. The Morgan fingerprint density at radius 3 is 2.92 bits per heavy atom. The standard InChI is InChI=1S/C12H20O/c1-9-4-3-7-12(2)8-10(13)5-6-11(9)12/h9,11H,3-8H2,1-2H3. The monoisotopic (exact) mass is 180 g/mol. The number of ketones is 1. The second kappa shape index (κ2) is 3.11. The molecule has 2 aliphatic rings. The van der Waals surface area contributed by atoms with E-state index in [-0.39, 0.29) is 0 Å². The van der Waals surface area contributed by atoms with E-state index in [9.17, 15) is 4.79 Å². The van der Waals surface area contributed by atoms with Crippen molar-refractivity contribution in [2.45, 2.75) is 52.4 Å². The topological polar surface area (TPSA) is 17.1 Å². The molecule has 0 N–H and O–H groups in total. The van der Waals surface area contributed by atoms with Crippen LogP contribution in [0.5, 0.6) is 0 Å². The minimum Gasteiger partial charge on any atom is -0.300 e. The van der Waals surface area contributed by atoms with Crippen LogP contribution < -0.4 is 0 Å². The molecule has 0 radical (unpaired) electrons. The molecule has 0 spiro atoms. The molecule has 0 aliphatic heterocycles. The zero-order valence-electron chi connectivity index (χ0n) is 8.81. The Balaban J connectivity index is 2.17. The summed E-state index contributed by atoms with van der Waals surface area (Å²) in [4.78, 5) is 11.4. The molecule has 2 saturated carbocycles. The van der Waals surface area contributed by atoms with Crippen LogP contribution in [0.2, 0.25) is 0 Å². The van der Waals surface area contributed by atoms with Gasteiger partial charge in [0.25, 0.3) is 0 Å². The number of hydrogen-bond donors (Lipinski definition) is 0. The lowest BCUT2D eigenvalue weighted by Crippen LogP contribution is -2.41. The van der Waals surface area contributed by atoms with Crippen LogP contribution in [0.1, 0.15) is 52.4 Å². The van der Waals surface area contributed by atoms with E-state index in [1.165, 1.54) is 19.3 Å². The van der Waals surface area contributed by atoms with Gasteiger partial charge in [-0.15, -0.1) is 0 Å². The third kappa shape index (κ3) is 1.53. The summed E-state index contributed by atoms with van der Waals surface area (Å²) in [6.07, 6.45) is 6.88. The average molecular weight is 180 g/mol. The van der Waals surface area contributed by atoms with Crippen molar-refractivity contribution in [3.8, 4) is 0 Å². The number of Topliss-reactive ketones (excluding diaryl/α,β-unsaturated/α-hetero) is 1. The molecule has 2 rings (SSSR count). The quantitative estimate of drug-likeness (QED) is 0.559. The molecule has 0 aromatic rings. The minimum atomic E-state index is 0.368. The fourth-order valence-electron chi connectivity index (χ4n) is 3.61. The molecule has 3 unspecified atom stereocenters. The van der Waals surface area contributed by atoms with Crippen LogP contribution in [0, 0.1) is 17.3 Å². The highest BCUT2D eigenvalue weighted by Gasteiger charge is 2.43. The van der Waals surface area contributed by atoms with Crippen LogP contribution in [-0.2, 0) is 4.79 Å². The van der Waals surface area contributed by atoms with Crippen molar-refractivity contribution in [1.29, 1.82) is 0 Å². The molecule has 0 saturated heterocycles. The van der Waals surface area contributed by atoms with Gasteiger partial charge in [0.15, 0.2) is 0 Å². The number of rotatable bonds is 0. The number of hydrogen-bond acceptors (Lipinski definition) is 1. The van der Waals surface area contributed by atoms with Crippen molar-refractivity contribution in [3.63, 3.8) is 0 Å². The smallest absolute Gasteiger partial charge is 0.133 e. The summed E-state index contributed by atoms with van der Waals surface area (Å²) in [7, 11) is 0. The molecule has 13 heavy (non-hydrogen) atoms. The summed E-state index contributed by atoms with van der Waals surface area (Å²) < 4.78 is 0. The van der Waals surface area contributed by atoms with Crippen LogP contribution in [0.4, 0.5) is 0 Å². The molecule has 2 fully saturated rings. The molecule has 0 bridgehead atoms. The van der Waals surface area contributed by atoms with E-state index in [2.05, 4.69) is 13.8 Å². The lowest BCUT2D eigenvalue weighted by Gasteiger charge is -2.47. The van der Waals surface area contributed by atoms with Crippen molar-refractivity contribution in [3.05, 3.63) is 0 Å². The van der Waals surface area contributed by atoms with E-state index in [0.717, 1.165) is 31.1 Å². The number of fused-ring (bicyclic) bond motifs is 1. The maximum atomic E-state index is 11.4. The normalized spacial score (nSPS) is 45.8. The summed E-state index contributed by atoms with van der Waals surface area (Å²) in [5, 5.41) is 0. The highest BCUT2D eigenvalue weighted by molar-refractivity contribution is 5.80. The third-order valence-corrected chi connectivity index (χ3v) is 4.32. The summed E-state index contributed by atoms with van der Waals surface area (Å²) in [5.41, 5.74) is 0.368. The Labute approximate surface area is 80.9 Å². The van der Waals surface area contributed by atoms with Gasteiger partial charge in [0, 0.05) is 12.8 Å². The second-order valence-electron chi connectivity index (χ2n) is 5.38. The molecule has 0 heterocycles. The van der Waals surface area contributed by atoms with Gasteiger partial charge in [0.1, 0.15) is 5.78 Å². The van der Waals surface area contributed by atoms with Crippen molar-refractivity contribution in [1.82, 2.24) is 0 Å². The Bertz CT molecular complexity index is 221. The predicted molar refractivity (Wildman–Crippen MR) is 53.5 cm³/mol. The summed E-state index contributed by atoms with van der Waals surface area (Å²) in [5.74, 6) is 2.19. The van der Waals surface area contributed by atoms with E-state index in [1.807, 2.05) is 0 Å². The average Bonchev–Trinajstić information content (AvgIpc) is 2.02. The lowest BCUT2D eigenvalue weighted by atomic mass is 9.57. The fourth-order valence-corrected chi connectivity index (χ4v) is 3.61. The van der Waals surface area contributed by atoms with Gasteiger partial charge in [-0.3, -0.25) is 4.79 Å². The summed E-state index contributed by atoms with van der Waals surface area (Å²) in [6.45, 7) is 4.71. The lowest BCUT2D eigenvalue weighted by molar-refractivity contribution is -0.128. The van der Waals surface area contributed by atoms with Crippen molar-refractivity contribution < 1.29 is 4.79 Å². The largest absolute Gasteiger partial charge is 0.300 e. The molecular weight excluding hydrogens is 160 g/mol. The maximum absolute atomic E-state index is 11.4. The Hall–Kier alpha value is -0.330. The van der Waals surface area contributed by atoms with Gasteiger partial charge >= 0.3 is 0 Å². The molecule has 74 valence electrons. The van der Waals surface area contributed by atoms with Gasteiger partial charge in [-0.25, -0.2) is 0 Å². The van der Waals surface area contributed by atoms with Gasteiger partial charge in [0.2, 0.25) is 0 Å². The summed E-state index contributed by atoms with van der Waals surface area (Å²) >= 11 is 0. The highest BCUT2D eigenvalue weighted by Crippen LogP contribution is 2.51. The first-order chi connectivity index (χ1) is 6.12. The first-order valence-corrected chi connectivity index (χ1v) is 5.63. The van der Waals surface area contributed by atoms with Gasteiger partial charge in [-0.2, -0.15) is 0 Å². The van der Waals surface area contributed by atoms with Gasteiger partial charge in [-0.05, 0) is 30.1 Å². The maximum Gasteiger partial charge on any atom is 0.133 e. The Kier molecular flexibility index (Phi) is 2.21. The highest BCUT2D eigenvalue weighted by atomic mass is 16.1. The molecule has 0 aromatic heterocycles. The molecule has 1 heteroatoms. The van der Waals surface area contributed by atoms with Gasteiger partial charge in [0.05, 0.1) is 0 Å². The minimum absolute atomic E-state index is 0.368. The molecular formula is C12H20O. The van der Waals surface area contributed by atoms with Crippen molar-refractivity contribution in [2.24, 2.45) is 17.3 Å². The molecule has 2 aliphatic carbocycles. The van der Waals surface area contributed by atoms with Crippen LogP contribution in [0.25, 0.3) is 0 Å². The van der Waals surface area contributed by atoms with Gasteiger partial charge < -0.3 is 0 Å². The van der Waals surface area contributed by atoms with Crippen molar-refractivity contribution in [2.75, 3.05) is 0 Å². The fraction of sp³-hybridized carbons (Fsp3) is 0.917. The molecule has 3 atom stereocenters. The third-order valence-electron chi connectivity index (χ3n) is 4.32. The van der Waals surface area contributed by atoms with E-state index >= 15 is 0 Å². The second-order valence-corrected chi connectivity index (χ2v) is 5.38. The van der Waals surface area contributed by atoms with Crippen LogP contribution >= 0.6 is 0 Å². The first-order valence-electron chi connectivity index (χ1n) is 5.63. The summed E-state index contributed by atoms with van der Waals surface area (Å²) in [6, 6.07) is 0. The van der Waals surface area contributed by atoms with E-state index in [0.29, 0.717) is 11.2 Å². The van der Waals surface area contributed by atoms with Crippen LogP contribution in [0.15, 0.2) is 0 Å². The molecule has 1 nitrogen and oxygen atoms in total. The molecule has 0 amide bonds. The van der Waals surface area contributed by atoms with E-state index in [1.54, 1.807) is 0 Å². The zero-order valence-corrected chi connectivity index (χ0v) is 8.81. The van der Waals surface area contributed by atoms with E-state index < -0.39 is 0 Å². The van der Waals surface area contributed by atoms with Crippen LogP contribution in [0.3, 0.4) is 0 Å². The van der Waals surface area contributed by atoms with Gasteiger partial charge in [-0.1, -0.05) is 26.7 Å². The van der Waals surface area contributed by atoms with E-state index in [4.69, 9.17) is 0 Å². The Morgan fingerprint density at radius 2 is 2.15 bits per heavy atom.